The minimum absolute atomic E-state index is 0.0512. The van der Waals surface area contributed by atoms with E-state index >= 15 is 0 Å². The van der Waals surface area contributed by atoms with Gasteiger partial charge in [-0.3, -0.25) is 0 Å². The number of carbonyl (C=O) groups excluding carboxylic acids is 1. The first-order chi connectivity index (χ1) is 8.76. The van der Waals surface area contributed by atoms with Gasteiger partial charge < -0.3 is 20.5 Å². The van der Waals surface area contributed by atoms with E-state index in [1.54, 1.807) is 0 Å². The number of carbonyl (C=O) groups is 2. The number of hydrogen-bond donors (Lipinski definition) is 3. The topological polar surface area (TPSA) is 87.7 Å². The minimum Gasteiger partial charge on any atom is -0.465 e. The molecule has 0 saturated heterocycles. The Balaban J connectivity index is 2.19. The van der Waals surface area contributed by atoms with Crippen molar-refractivity contribution in [1.82, 2.24) is 10.6 Å². The van der Waals surface area contributed by atoms with Crippen molar-refractivity contribution in [3.8, 4) is 0 Å². The van der Waals surface area contributed by atoms with Gasteiger partial charge in [-0.05, 0) is 52.4 Å². The maximum Gasteiger partial charge on any atom is 0.407 e. The molecule has 110 valence electrons. The predicted octanol–water partition coefficient (Wildman–Crippen LogP) is 2.34. The Labute approximate surface area is 113 Å². The smallest absolute Gasteiger partial charge is 0.407 e. The number of rotatable bonds is 3. The van der Waals surface area contributed by atoms with E-state index in [0.29, 0.717) is 12.5 Å². The average Bonchev–Trinajstić information content (AvgIpc) is 2.25. The van der Waals surface area contributed by atoms with Gasteiger partial charge in [0, 0.05) is 12.6 Å². The highest BCUT2D eigenvalue weighted by Gasteiger charge is 2.23. The fourth-order valence-corrected chi connectivity index (χ4v) is 2.23. The Morgan fingerprint density at radius 3 is 2.26 bits per heavy atom. The number of hydrogen-bond acceptors (Lipinski definition) is 3. The summed E-state index contributed by atoms with van der Waals surface area (Å²) in [6.07, 6.45) is 2.13. The number of nitrogens with one attached hydrogen (secondary N) is 2. The zero-order chi connectivity index (χ0) is 14.5. The third kappa shape index (κ3) is 6.88. The molecule has 1 aliphatic carbocycles. The Morgan fingerprint density at radius 1 is 1.21 bits per heavy atom. The van der Waals surface area contributed by atoms with Crippen LogP contribution in [0.25, 0.3) is 0 Å². The first-order valence-corrected chi connectivity index (χ1v) is 6.72. The van der Waals surface area contributed by atoms with Crippen molar-refractivity contribution in [3.05, 3.63) is 0 Å². The van der Waals surface area contributed by atoms with Crippen molar-refractivity contribution in [1.29, 1.82) is 0 Å². The maximum absolute atomic E-state index is 11.5. The van der Waals surface area contributed by atoms with Crippen LogP contribution in [0.2, 0.25) is 0 Å². The van der Waals surface area contributed by atoms with Crippen LogP contribution in [0.4, 0.5) is 9.59 Å². The van der Waals surface area contributed by atoms with E-state index in [4.69, 9.17) is 9.84 Å². The lowest BCUT2D eigenvalue weighted by atomic mass is 9.86. The van der Waals surface area contributed by atoms with Gasteiger partial charge in [-0.1, -0.05) is 0 Å². The summed E-state index contributed by atoms with van der Waals surface area (Å²) in [5.74, 6) is 0.402. The van der Waals surface area contributed by atoms with Gasteiger partial charge in [0.25, 0.3) is 0 Å². The molecule has 0 unspecified atom stereocenters. The fourth-order valence-electron chi connectivity index (χ4n) is 2.23. The lowest BCUT2D eigenvalue weighted by Gasteiger charge is -2.28. The molecule has 0 aromatic carbocycles. The normalized spacial score (nSPS) is 23.5. The third-order valence-electron chi connectivity index (χ3n) is 3.11. The quantitative estimate of drug-likeness (QED) is 0.735. The summed E-state index contributed by atoms with van der Waals surface area (Å²) in [6.45, 7) is 6.08. The summed E-state index contributed by atoms with van der Waals surface area (Å²) in [5, 5.41) is 13.9. The van der Waals surface area contributed by atoms with Crippen molar-refractivity contribution in [2.75, 3.05) is 6.54 Å². The molecule has 0 spiro atoms. The summed E-state index contributed by atoms with van der Waals surface area (Å²) in [4.78, 5) is 22.0. The molecule has 1 fully saturated rings. The van der Waals surface area contributed by atoms with Crippen LogP contribution in [0.15, 0.2) is 0 Å². The number of carboxylic acid groups (broad SMARTS) is 1. The van der Waals surface area contributed by atoms with Gasteiger partial charge in [-0.2, -0.15) is 0 Å². The molecule has 0 radical (unpaired) electrons. The van der Waals surface area contributed by atoms with Crippen LogP contribution < -0.4 is 10.6 Å². The third-order valence-corrected chi connectivity index (χ3v) is 3.11. The molecule has 6 heteroatoms. The zero-order valence-corrected chi connectivity index (χ0v) is 11.9. The van der Waals surface area contributed by atoms with Crippen LogP contribution in [0.3, 0.4) is 0 Å². The van der Waals surface area contributed by atoms with E-state index in [-0.39, 0.29) is 6.04 Å². The highest BCUT2D eigenvalue weighted by molar-refractivity contribution is 5.67. The van der Waals surface area contributed by atoms with Crippen molar-refractivity contribution >= 4 is 12.2 Å². The predicted molar refractivity (Wildman–Crippen MR) is 71.1 cm³/mol. The zero-order valence-electron chi connectivity index (χ0n) is 11.9. The first-order valence-electron chi connectivity index (χ1n) is 6.72. The molecule has 0 aliphatic heterocycles. The second-order valence-corrected chi connectivity index (χ2v) is 6.05. The highest BCUT2D eigenvalue weighted by atomic mass is 16.6. The average molecular weight is 272 g/mol. The van der Waals surface area contributed by atoms with Gasteiger partial charge in [0.05, 0.1) is 0 Å². The molecule has 19 heavy (non-hydrogen) atoms. The molecule has 6 nitrogen and oxygen atoms in total. The second-order valence-electron chi connectivity index (χ2n) is 6.05. The molecule has 1 rings (SSSR count). The Bertz CT molecular complexity index is 317. The van der Waals surface area contributed by atoms with Crippen molar-refractivity contribution in [2.45, 2.75) is 58.1 Å². The van der Waals surface area contributed by atoms with Crippen LogP contribution in [0.1, 0.15) is 46.5 Å². The number of alkyl carbamates (subject to hydrolysis) is 1. The van der Waals surface area contributed by atoms with E-state index in [2.05, 4.69) is 10.6 Å². The molecular formula is C13H24N2O4. The largest absolute Gasteiger partial charge is 0.465 e. The van der Waals surface area contributed by atoms with Gasteiger partial charge in [0.2, 0.25) is 0 Å². The Kier molecular flexibility index (Phi) is 5.44. The van der Waals surface area contributed by atoms with Crippen LogP contribution >= 0.6 is 0 Å². The van der Waals surface area contributed by atoms with Crippen molar-refractivity contribution in [2.24, 2.45) is 5.92 Å². The standard InChI is InChI=1S/C13H24N2O4/c1-13(2,3)19-12(18)14-8-9-4-6-10(7-5-9)15-11(16)17/h9-10,15H,4-8H2,1-3H3,(H,14,18)(H,16,17). The van der Waals surface area contributed by atoms with E-state index in [1.165, 1.54) is 0 Å². The molecule has 1 aliphatic rings. The Morgan fingerprint density at radius 2 is 1.79 bits per heavy atom. The summed E-state index contributed by atoms with van der Waals surface area (Å²) in [6, 6.07) is 0.0512. The van der Waals surface area contributed by atoms with Crippen molar-refractivity contribution < 1.29 is 19.4 Å². The molecule has 1 saturated carbocycles. The molecule has 0 heterocycles. The molecule has 0 atom stereocenters. The minimum atomic E-state index is -0.963. The van der Waals surface area contributed by atoms with Crippen LogP contribution in [0, 0.1) is 5.92 Å². The van der Waals surface area contributed by atoms with E-state index in [0.717, 1.165) is 25.7 Å². The van der Waals surface area contributed by atoms with Crippen LogP contribution in [-0.4, -0.2) is 35.5 Å². The van der Waals surface area contributed by atoms with Gasteiger partial charge in [-0.15, -0.1) is 0 Å². The number of amides is 2. The van der Waals surface area contributed by atoms with Crippen molar-refractivity contribution in [3.63, 3.8) is 0 Å². The molecule has 3 N–H and O–H groups in total. The molecule has 0 aromatic heterocycles. The molecule has 0 aromatic rings. The summed E-state index contributed by atoms with van der Waals surface area (Å²) in [7, 11) is 0. The van der Waals surface area contributed by atoms with E-state index in [1.807, 2.05) is 20.8 Å². The van der Waals surface area contributed by atoms with Gasteiger partial charge >= 0.3 is 12.2 Å². The SMILES string of the molecule is CC(C)(C)OC(=O)NCC1CCC(NC(=O)O)CC1. The number of ether oxygens (including phenoxy) is 1. The first kappa shape index (κ1) is 15.6. The monoisotopic (exact) mass is 272 g/mol. The Hall–Kier alpha value is -1.46. The highest BCUT2D eigenvalue weighted by Crippen LogP contribution is 2.23. The van der Waals surface area contributed by atoms with Gasteiger partial charge in [-0.25, -0.2) is 9.59 Å². The van der Waals surface area contributed by atoms with Crippen LogP contribution in [0.5, 0.6) is 0 Å². The lowest BCUT2D eigenvalue weighted by Crippen LogP contribution is -2.40. The van der Waals surface area contributed by atoms with E-state index < -0.39 is 17.8 Å². The fraction of sp³-hybridized carbons (Fsp3) is 0.846. The maximum atomic E-state index is 11.5. The van der Waals surface area contributed by atoms with E-state index in [9.17, 15) is 9.59 Å². The van der Waals surface area contributed by atoms with Gasteiger partial charge in [0.1, 0.15) is 5.60 Å². The summed E-state index contributed by atoms with van der Waals surface area (Å²) >= 11 is 0. The summed E-state index contributed by atoms with van der Waals surface area (Å²) < 4.78 is 5.16. The van der Waals surface area contributed by atoms with Gasteiger partial charge in [0.15, 0.2) is 0 Å². The second kappa shape index (κ2) is 6.63. The molecule has 0 bridgehead atoms. The van der Waals surface area contributed by atoms with Crippen LogP contribution in [-0.2, 0) is 4.74 Å². The molecule has 2 amide bonds. The lowest BCUT2D eigenvalue weighted by molar-refractivity contribution is 0.0514. The molecular weight excluding hydrogens is 248 g/mol. The summed E-state index contributed by atoms with van der Waals surface area (Å²) in [5.41, 5.74) is -0.479.